The van der Waals surface area contributed by atoms with Gasteiger partial charge in [0.25, 0.3) is 0 Å². The van der Waals surface area contributed by atoms with Gasteiger partial charge in [-0.25, -0.2) is 8.78 Å². The normalized spacial score (nSPS) is 20.2. The van der Waals surface area contributed by atoms with Gasteiger partial charge in [0.2, 0.25) is 0 Å². The Labute approximate surface area is 104 Å². The molecular formula is C12H16F2N2S. The first-order valence-corrected chi connectivity index (χ1v) is 6.81. The second kappa shape index (κ2) is 5.58. The number of hydrogen-bond donors (Lipinski definition) is 2. The van der Waals surface area contributed by atoms with Crippen molar-refractivity contribution in [3.63, 3.8) is 0 Å². The highest BCUT2D eigenvalue weighted by Gasteiger charge is 2.16. The molecule has 1 unspecified atom stereocenters. The molecule has 1 aliphatic rings. The van der Waals surface area contributed by atoms with E-state index in [-0.39, 0.29) is 11.4 Å². The van der Waals surface area contributed by atoms with Crippen molar-refractivity contribution in [2.45, 2.75) is 24.5 Å². The van der Waals surface area contributed by atoms with Gasteiger partial charge in [0, 0.05) is 17.5 Å². The summed E-state index contributed by atoms with van der Waals surface area (Å²) >= 11 is 1.87. The first kappa shape index (κ1) is 12.5. The van der Waals surface area contributed by atoms with Crippen molar-refractivity contribution in [2.75, 3.05) is 23.3 Å². The summed E-state index contributed by atoms with van der Waals surface area (Å²) in [5, 5.41) is 3.30. The highest BCUT2D eigenvalue weighted by molar-refractivity contribution is 7.99. The molecule has 1 aromatic rings. The zero-order chi connectivity index (χ0) is 12.3. The lowest BCUT2D eigenvalue weighted by Gasteiger charge is -2.22. The molecule has 0 spiro atoms. The standard InChI is InChI=1S/C12H16F2N2S/c13-10-5-8(15)6-11(14)12(10)16-7-9-3-1-2-4-17-9/h5-6,9,16H,1-4,7,15H2. The number of hydrogen-bond acceptors (Lipinski definition) is 3. The van der Waals surface area contributed by atoms with Crippen LogP contribution in [-0.2, 0) is 0 Å². The number of anilines is 2. The Morgan fingerprint density at radius 2 is 2.00 bits per heavy atom. The van der Waals surface area contributed by atoms with Gasteiger partial charge in [-0.2, -0.15) is 11.8 Å². The molecule has 1 aromatic carbocycles. The van der Waals surface area contributed by atoms with Gasteiger partial charge in [0.1, 0.15) is 5.69 Å². The minimum absolute atomic E-state index is 0.0645. The van der Waals surface area contributed by atoms with E-state index in [4.69, 9.17) is 5.73 Å². The third-order valence-corrected chi connectivity index (χ3v) is 4.24. The van der Waals surface area contributed by atoms with E-state index in [1.807, 2.05) is 11.8 Å². The monoisotopic (exact) mass is 258 g/mol. The molecule has 1 heterocycles. The molecule has 1 saturated heterocycles. The fraction of sp³-hybridized carbons (Fsp3) is 0.500. The molecule has 1 atom stereocenters. The summed E-state index contributed by atoms with van der Waals surface area (Å²) in [7, 11) is 0. The van der Waals surface area contributed by atoms with Crippen molar-refractivity contribution in [1.82, 2.24) is 0 Å². The maximum Gasteiger partial charge on any atom is 0.151 e. The topological polar surface area (TPSA) is 38.0 Å². The van der Waals surface area contributed by atoms with Crippen LogP contribution in [0.5, 0.6) is 0 Å². The van der Waals surface area contributed by atoms with E-state index in [2.05, 4.69) is 5.32 Å². The quantitative estimate of drug-likeness (QED) is 0.817. The van der Waals surface area contributed by atoms with Gasteiger partial charge in [-0.1, -0.05) is 6.42 Å². The van der Waals surface area contributed by atoms with Crippen molar-refractivity contribution in [2.24, 2.45) is 0 Å². The van der Waals surface area contributed by atoms with Gasteiger partial charge < -0.3 is 11.1 Å². The fourth-order valence-electron chi connectivity index (χ4n) is 1.95. The number of thioether (sulfide) groups is 1. The van der Waals surface area contributed by atoms with Crippen LogP contribution in [0.3, 0.4) is 0 Å². The highest BCUT2D eigenvalue weighted by atomic mass is 32.2. The summed E-state index contributed by atoms with van der Waals surface area (Å²) in [6, 6.07) is 2.28. The van der Waals surface area contributed by atoms with Crippen molar-refractivity contribution in [3.8, 4) is 0 Å². The Hall–Kier alpha value is -0.970. The minimum atomic E-state index is -0.622. The largest absolute Gasteiger partial charge is 0.399 e. The van der Waals surface area contributed by atoms with Gasteiger partial charge in [-0.15, -0.1) is 0 Å². The summed E-state index contributed by atoms with van der Waals surface area (Å²) in [6.07, 6.45) is 3.55. The first-order valence-electron chi connectivity index (χ1n) is 5.77. The summed E-state index contributed by atoms with van der Waals surface area (Å²) in [5.41, 5.74) is 5.40. The van der Waals surface area contributed by atoms with Crippen molar-refractivity contribution >= 4 is 23.1 Å². The van der Waals surface area contributed by atoms with E-state index in [1.165, 1.54) is 12.8 Å². The minimum Gasteiger partial charge on any atom is -0.399 e. The average Bonchev–Trinajstić information content (AvgIpc) is 2.29. The Balaban J connectivity index is 1.98. The third-order valence-electron chi connectivity index (χ3n) is 2.84. The lowest BCUT2D eigenvalue weighted by Crippen LogP contribution is -2.21. The van der Waals surface area contributed by atoms with Crippen LogP contribution in [0, 0.1) is 11.6 Å². The van der Waals surface area contributed by atoms with Crippen LogP contribution in [-0.4, -0.2) is 17.5 Å². The molecular weight excluding hydrogens is 242 g/mol. The second-order valence-corrected chi connectivity index (χ2v) is 5.64. The molecule has 1 aliphatic heterocycles. The number of benzene rings is 1. The van der Waals surface area contributed by atoms with Gasteiger partial charge in [0.15, 0.2) is 11.6 Å². The van der Waals surface area contributed by atoms with E-state index in [0.29, 0.717) is 11.8 Å². The molecule has 5 heteroatoms. The highest BCUT2D eigenvalue weighted by Crippen LogP contribution is 2.27. The van der Waals surface area contributed by atoms with Crippen LogP contribution in [0.25, 0.3) is 0 Å². The van der Waals surface area contributed by atoms with E-state index in [9.17, 15) is 8.78 Å². The van der Waals surface area contributed by atoms with Crippen LogP contribution in [0.2, 0.25) is 0 Å². The molecule has 0 aromatic heterocycles. The predicted octanol–water partition coefficient (Wildman–Crippen LogP) is 3.24. The van der Waals surface area contributed by atoms with Crippen molar-refractivity contribution in [3.05, 3.63) is 23.8 Å². The van der Waals surface area contributed by atoms with Crippen LogP contribution in [0.4, 0.5) is 20.2 Å². The molecule has 0 saturated carbocycles. The summed E-state index contributed by atoms with van der Waals surface area (Å²) in [4.78, 5) is 0. The molecule has 0 amide bonds. The number of rotatable bonds is 3. The van der Waals surface area contributed by atoms with Crippen LogP contribution < -0.4 is 11.1 Å². The molecule has 94 valence electrons. The number of nitrogens with two attached hydrogens (primary N) is 1. The zero-order valence-corrected chi connectivity index (χ0v) is 10.3. The van der Waals surface area contributed by atoms with Gasteiger partial charge in [0.05, 0.1) is 0 Å². The SMILES string of the molecule is Nc1cc(F)c(NCC2CCCCS2)c(F)c1. The van der Waals surface area contributed by atoms with Crippen LogP contribution >= 0.6 is 11.8 Å². The molecule has 0 aliphatic carbocycles. The third kappa shape index (κ3) is 3.25. The molecule has 0 bridgehead atoms. The molecule has 0 radical (unpaired) electrons. The van der Waals surface area contributed by atoms with Crippen molar-refractivity contribution < 1.29 is 8.78 Å². The van der Waals surface area contributed by atoms with E-state index in [1.54, 1.807) is 0 Å². The van der Waals surface area contributed by atoms with Crippen molar-refractivity contribution in [1.29, 1.82) is 0 Å². The Morgan fingerprint density at radius 1 is 1.29 bits per heavy atom. The zero-order valence-electron chi connectivity index (χ0n) is 9.51. The Kier molecular flexibility index (Phi) is 4.10. The van der Waals surface area contributed by atoms with Gasteiger partial charge in [-0.3, -0.25) is 0 Å². The Morgan fingerprint density at radius 3 is 2.59 bits per heavy atom. The molecule has 2 rings (SSSR count). The maximum atomic E-state index is 13.5. The lowest BCUT2D eigenvalue weighted by molar-refractivity contribution is 0.587. The van der Waals surface area contributed by atoms with Gasteiger partial charge in [-0.05, 0) is 30.7 Å². The molecule has 17 heavy (non-hydrogen) atoms. The number of halogens is 2. The number of nitrogens with one attached hydrogen (secondary N) is 1. The van der Waals surface area contributed by atoms with E-state index in [0.717, 1.165) is 24.3 Å². The second-order valence-electron chi connectivity index (χ2n) is 4.23. The first-order chi connectivity index (χ1) is 8.16. The summed E-state index contributed by atoms with van der Waals surface area (Å²) in [5.74, 6) is -0.106. The molecule has 2 nitrogen and oxygen atoms in total. The van der Waals surface area contributed by atoms with Crippen LogP contribution in [0.1, 0.15) is 19.3 Å². The maximum absolute atomic E-state index is 13.5. The number of nitrogen functional groups attached to an aromatic ring is 1. The van der Waals surface area contributed by atoms with E-state index >= 15 is 0 Å². The average molecular weight is 258 g/mol. The van der Waals surface area contributed by atoms with E-state index < -0.39 is 11.6 Å². The van der Waals surface area contributed by atoms with Gasteiger partial charge >= 0.3 is 0 Å². The lowest BCUT2D eigenvalue weighted by atomic mass is 10.2. The molecule has 3 N–H and O–H groups in total. The molecule has 1 fully saturated rings. The van der Waals surface area contributed by atoms with Crippen LogP contribution in [0.15, 0.2) is 12.1 Å². The smallest absolute Gasteiger partial charge is 0.151 e. The fourth-order valence-corrected chi connectivity index (χ4v) is 3.18. The predicted molar refractivity (Wildman–Crippen MR) is 69.4 cm³/mol. The summed E-state index contributed by atoms with van der Waals surface area (Å²) < 4.78 is 27.0. The Bertz CT molecular complexity index is 369. The summed E-state index contributed by atoms with van der Waals surface area (Å²) in [6.45, 7) is 0.600.